The molecule has 0 radical (unpaired) electrons. The molecule has 2 aromatic rings. The van der Waals surface area contributed by atoms with Gasteiger partial charge in [-0.25, -0.2) is 22.7 Å². The number of hydrogen-bond acceptors (Lipinski definition) is 8. The Balaban J connectivity index is 2.47. The average molecular weight is 479 g/mol. The largest absolute Gasteiger partial charge is 0.492 e. The third-order valence-corrected chi connectivity index (χ3v) is 5.90. The molecule has 0 unspecified atom stereocenters. The van der Waals surface area contributed by atoms with Crippen LogP contribution in [0.3, 0.4) is 0 Å². The van der Waals surface area contributed by atoms with Crippen LogP contribution >= 0.6 is 0 Å². The van der Waals surface area contributed by atoms with Gasteiger partial charge in [0.05, 0.1) is 32.0 Å². The quantitative estimate of drug-likeness (QED) is 0.525. The Kier molecular flexibility index (Phi) is 8.55. The fraction of sp³-hybridized carbons (Fsp3) is 0.318. The van der Waals surface area contributed by atoms with Crippen LogP contribution in [0.5, 0.6) is 5.75 Å². The summed E-state index contributed by atoms with van der Waals surface area (Å²) in [6.07, 6.45) is 0. The predicted octanol–water partition coefficient (Wildman–Crippen LogP) is 2.60. The number of nitrogens with one attached hydrogen (secondary N) is 2. The fourth-order valence-electron chi connectivity index (χ4n) is 2.88. The topological polar surface area (TPSA) is 137 Å². The zero-order valence-corrected chi connectivity index (χ0v) is 19.7. The zero-order valence-electron chi connectivity index (χ0n) is 18.9. The van der Waals surface area contributed by atoms with Gasteiger partial charge < -0.3 is 19.5 Å². The summed E-state index contributed by atoms with van der Waals surface area (Å²) in [6, 6.07) is 7.52. The van der Waals surface area contributed by atoms with E-state index in [4.69, 9.17) is 4.74 Å². The highest BCUT2D eigenvalue weighted by molar-refractivity contribution is 7.89. The van der Waals surface area contributed by atoms with Crippen molar-refractivity contribution in [2.75, 3.05) is 26.1 Å². The molecule has 0 atom stereocenters. The van der Waals surface area contributed by atoms with Crippen LogP contribution in [0.1, 0.15) is 51.8 Å². The molecule has 0 aliphatic carbocycles. The molecule has 0 saturated heterocycles. The van der Waals surface area contributed by atoms with Crippen molar-refractivity contribution in [3.8, 4) is 5.75 Å². The first kappa shape index (κ1) is 25.8. The van der Waals surface area contributed by atoms with E-state index in [1.54, 1.807) is 20.8 Å². The first-order chi connectivity index (χ1) is 15.5. The van der Waals surface area contributed by atoms with Crippen molar-refractivity contribution in [2.45, 2.75) is 31.7 Å². The highest BCUT2D eigenvalue weighted by Crippen LogP contribution is 2.26. The summed E-state index contributed by atoms with van der Waals surface area (Å²) in [5.74, 6) is -2.00. The third-order valence-electron chi connectivity index (χ3n) is 4.22. The number of hydrogen-bond donors (Lipinski definition) is 2. The van der Waals surface area contributed by atoms with Crippen molar-refractivity contribution in [1.82, 2.24) is 4.72 Å². The first-order valence-electron chi connectivity index (χ1n) is 9.94. The van der Waals surface area contributed by atoms with Crippen LogP contribution in [0.2, 0.25) is 0 Å². The number of esters is 2. The summed E-state index contributed by atoms with van der Waals surface area (Å²) < 4.78 is 42.7. The van der Waals surface area contributed by atoms with Gasteiger partial charge in [-0.05, 0) is 57.2 Å². The van der Waals surface area contributed by atoms with E-state index in [1.807, 2.05) is 0 Å². The highest BCUT2D eigenvalue weighted by atomic mass is 32.2. The van der Waals surface area contributed by atoms with Crippen molar-refractivity contribution in [2.24, 2.45) is 0 Å². The molecule has 2 rings (SSSR count). The minimum atomic E-state index is -3.96. The normalized spacial score (nSPS) is 11.1. The summed E-state index contributed by atoms with van der Waals surface area (Å²) in [5.41, 5.74) is 0.172. The Morgan fingerprint density at radius 3 is 1.97 bits per heavy atom. The molecule has 178 valence electrons. The molecule has 11 heteroatoms. The minimum absolute atomic E-state index is 0.0191. The third kappa shape index (κ3) is 6.53. The second kappa shape index (κ2) is 10.9. The van der Waals surface area contributed by atoms with Gasteiger partial charge in [0, 0.05) is 17.3 Å². The number of carbonyl (C=O) groups excluding carboxylic acids is 3. The van der Waals surface area contributed by atoms with Crippen LogP contribution < -0.4 is 14.8 Å². The van der Waals surface area contributed by atoms with Crippen molar-refractivity contribution < 1.29 is 37.0 Å². The zero-order chi connectivity index (χ0) is 24.8. The predicted molar refractivity (Wildman–Crippen MR) is 120 cm³/mol. The standard InChI is InChI=1S/C22H26N2O8S/c1-6-32-18-8-7-14(12-19(18)33(28,29)24-13(2)3)20(25)23-17-10-15(21(26)30-4)9-16(11-17)22(27)31-5/h7-13,24H,6H2,1-5H3,(H,23,25). The molecular weight excluding hydrogens is 452 g/mol. The molecule has 0 spiro atoms. The Hall–Kier alpha value is -3.44. The molecular formula is C22H26N2O8S. The Bertz CT molecular complexity index is 1120. The summed E-state index contributed by atoms with van der Waals surface area (Å²) >= 11 is 0. The summed E-state index contributed by atoms with van der Waals surface area (Å²) in [7, 11) is -1.60. The Morgan fingerprint density at radius 2 is 1.48 bits per heavy atom. The van der Waals surface area contributed by atoms with E-state index >= 15 is 0 Å². The van der Waals surface area contributed by atoms with Gasteiger partial charge in [0.1, 0.15) is 10.6 Å². The lowest BCUT2D eigenvalue weighted by molar-refractivity contribution is 0.0598. The number of rotatable bonds is 9. The number of benzene rings is 2. The summed E-state index contributed by atoms with van der Waals surface area (Å²) in [5, 5.41) is 2.56. The fourth-order valence-corrected chi connectivity index (χ4v) is 4.30. The molecule has 0 saturated carbocycles. The smallest absolute Gasteiger partial charge is 0.337 e. The maximum Gasteiger partial charge on any atom is 0.337 e. The lowest BCUT2D eigenvalue weighted by atomic mass is 10.1. The van der Waals surface area contributed by atoms with Crippen LogP contribution in [0.15, 0.2) is 41.3 Å². The van der Waals surface area contributed by atoms with Gasteiger partial charge in [-0.3, -0.25) is 4.79 Å². The highest BCUT2D eigenvalue weighted by Gasteiger charge is 2.23. The number of ether oxygens (including phenoxy) is 3. The number of amides is 1. The Morgan fingerprint density at radius 1 is 0.909 bits per heavy atom. The lowest BCUT2D eigenvalue weighted by Crippen LogP contribution is -2.30. The molecule has 0 heterocycles. The first-order valence-corrected chi connectivity index (χ1v) is 11.4. The SMILES string of the molecule is CCOc1ccc(C(=O)Nc2cc(C(=O)OC)cc(C(=O)OC)c2)cc1S(=O)(=O)NC(C)C. The van der Waals surface area contributed by atoms with Crippen LogP contribution in [-0.4, -0.2) is 53.1 Å². The second-order valence-corrected chi connectivity index (χ2v) is 8.79. The van der Waals surface area contributed by atoms with Gasteiger partial charge in [0.25, 0.3) is 5.91 Å². The van der Waals surface area contributed by atoms with E-state index in [0.717, 1.165) is 0 Å². The van der Waals surface area contributed by atoms with Crippen LogP contribution in [0.4, 0.5) is 5.69 Å². The monoisotopic (exact) mass is 478 g/mol. The molecule has 2 N–H and O–H groups in total. The molecule has 2 aromatic carbocycles. The maximum absolute atomic E-state index is 12.9. The Labute approximate surface area is 192 Å². The van der Waals surface area contributed by atoms with E-state index < -0.39 is 27.9 Å². The van der Waals surface area contributed by atoms with Crippen LogP contribution in [-0.2, 0) is 19.5 Å². The number of methoxy groups -OCH3 is 2. The van der Waals surface area contributed by atoms with Gasteiger partial charge in [0.2, 0.25) is 10.0 Å². The minimum Gasteiger partial charge on any atom is -0.492 e. The van der Waals surface area contributed by atoms with E-state index in [9.17, 15) is 22.8 Å². The molecule has 0 bridgehead atoms. The number of carbonyl (C=O) groups is 3. The van der Waals surface area contributed by atoms with Crippen molar-refractivity contribution >= 4 is 33.6 Å². The van der Waals surface area contributed by atoms with Gasteiger partial charge >= 0.3 is 11.9 Å². The van der Waals surface area contributed by atoms with E-state index in [0.29, 0.717) is 0 Å². The van der Waals surface area contributed by atoms with Gasteiger partial charge in [-0.2, -0.15) is 0 Å². The van der Waals surface area contributed by atoms with Gasteiger partial charge in [0.15, 0.2) is 0 Å². The molecule has 10 nitrogen and oxygen atoms in total. The number of anilines is 1. The van der Waals surface area contributed by atoms with E-state index in [-0.39, 0.29) is 45.7 Å². The van der Waals surface area contributed by atoms with Crippen molar-refractivity contribution in [3.63, 3.8) is 0 Å². The summed E-state index contributed by atoms with van der Waals surface area (Å²) in [6.45, 7) is 5.27. The molecule has 0 aliphatic rings. The maximum atomic E-state index is 12.9. The molecule has 0 fully saturated rings. The van der Waals surface area contributed by atoms with Crippen LogP contribution in [0.25, 0.3) is 0 Å². The lowest BCUT2D eigenvalue weighted by Gasteiger charge is -2.15. The van der Waals surface area contributed by atoms with E-state index in [2.05, 4.69) is 19.5 Å². The van der Waals surface area contributed by atoms with Gasteiger partial charge in [-0.1, -0.05) is 0 Å². The molecule has 33 heavy (non-hydrogen) atoms. The molecule has 0 aliphatic heterocycles. The van der Waals surface area contributed by atoms with Crippen LogP contribution in [0, 0.1) is 0 Å². The second-order valence-electron chi connectivity index (χ2n) is 7.11. The summed E-state index contributed by atoms with van der Waals surface area (Å²) in [4.78, 5) is 36.6. The van der Waals surface area contributed by atoms with Crippen molar-refractivity contribution in [3.05, 3.63) is 53.1 Å². The number of sulfonamides is 1. The van der Waals surface area contributed by atoms with Gasteiger partial charge in [-0.15, -0.1) is 0 Å². The molecule has 1 amide bonds. The molecule has 0 aromatic heterocycles. The average Bonchev–Trinajstić information content (AvgIpc) is 2.77. The van der Waals surface area contributed by atoms with Crippen molar-refractivity contribution in [1.29, 1.82) is 0 Å². The van der Waals surface area contributed by atoms with E-state index in [1.165, 1.54) is 50.6 Å².